The molecule has 0 atom stereocenters. The van der Waals surface area contributed by atoms with E-state index in [1.807, 2.05) is 18.2 Å². The van der Waals surface area contributed by atoms with Crippen molar-refractivity contribution in [2.45, 2.75) is 0 Å². The standard InChI is InChI=1S/C16H13ClN6/c17-15-6-4-12(5-7-15)10-20-22-16(19)23-21-11-14-3-1-2-13(8-14)9-18/h1-8,10-11H,(H3,19,22,23)/b20-10+,21-11+. The van der Waals surface area contributed by atoms with Crippen LogP contribution < -0.4 is 11.2 Å². The molecule has 0 aliphatic carbocycles. The SMILES string of the molecule is N#Cc1cccc(/C=N/NC(N)=N/N=C/c2ccc(Cl)cc2)c1. The average Bonchev–Trinajstić information content (AvgIpc) is 2.57. The third-order valence-corrected chi connectivity index (χ3v) is 2.90. The van der Waals surface area contributed by atoms with Crippen molar-refractivity contribution in [1.82, 2.24) is 5.43 Å². The minimum atomic E-state index is 0.0444. The van der Waals surface area contributed by atoms with Gasteiger partial charge in [0.2, 0.25) is 5.96 Å². The molecule has 0 radical (unpaired) electrons. The molecule has 2 aromatic carbocycles. The molecule has 6 nitrogen and oxygen atoms in total. The summed E-state index contributed by atoms with van der Waals surface area (Å²) in [7, 11) is 0. The summed E-state index contributed by atoms with van der Waals surface area (Å²) in [5.41, 5.74) is 10.3. The first kappa shape index (κ1) is 16.2. The highest BCUT2D eigenvalue weighted by Gasteiger charge is 1.92. The zero-order valence-corrected chi connectivity index (χ0v) is 12.8. The Labute approximate surface area is 138 Å². The predicted molar refractivity (Wildman–Crippen MR) is 92.6 cm³/mol. The number of hydrogen-bond acceptors (Lipinski definition) is 4. The Bertz CT molecular complexity index is 787. The van der Waals surface area contributed by atoms with E-state index in [2.05, 4.69) is 26.8 Å². The van der Waals surface area contributed by atoms with Crippen LogP contribution in [0.1, 0.15) is 16.7 Å². The van der Waals surface area contributed by atoms with E-state index in [0.29, 0.717) is 10.6 Å². The van der Waals surface area contributed by atoms with Gasteiger partial charge < -0.3 is 5.73 Å². The molecule has 0 aromatic heterocycles. The number of hydrogen-bond donors (Lipinski definition) is 2. The lowest BCUT2D eigenvalue weighted by atomic mass is 10.1. The summed E-state index contributed by atoms with van der Waals surface area (Å²) >= 11 is 5.79. The van der Waals surface area contributed by atoms with Crippen molar-refractivity contribution < 1.29 is 0 Å². The third-order valence-electron chi connectivity index (χ3n) is 2.65. The van der Waals surface area contributed by atoms with Crippen LogP contribution in [0.5, 0.6) is 0 Å². The fourth-order valence-corrected chi connectivity index (χ4v) is 1.72. The number of halogens is 1. The molecule has 2 aromatic rings. The number of nitrogens with two attached hydrogens (primary N) is 1. The molecule has 0 heterocycles. The van der Waals surface area contributed by atoms with Crippen LogP contribution in [0.2, 0.25) is 5.02 Å². The number of nitrogens with one attached hydrogen (secondary N) is 1. The molecule has 7 heteroatoms. The molecule has 0 bridgehead atoms. The zero-order chi connectivity index (χ0) is 16.5. The fourth-order valence-electron chi connectivity index (χ4n) is 1.59. The van der Waals surface area contributed by atoms with Crippen LogP contribution >= 0.6 is 11.6 Å². The van der Waals surface area contributed by atoms with Crippen molar-refractivity contribution in [2.24, 2.45) is 21.0 Å². The summed E-state index contributed by atoms with van der Waals surface area (Å²) in [6.45, 7) is 0. The highest BCUT2D eigenvalue weighted by Crippen LogP contribution is 2.07. The lowest BCUT2D eigenvalue weighted by Gasteiger charge is -1.97. The van der Waals surface area contributed by atoms with E-state index in [1.165, 1.54) is 6.21 Å². The van der Waals surface area contributed by atoms with E-state index >= 15 is 0 Å². The molecule has 114 valence electrons. The molecule has 0 aliphatic heterocycles. The van der Waals surface area contributed by atoms with Gasteiger partial charge in [-0.05, 0) is 35.4 Å². The largest absolute Gasteiger partial charge is 0.367 e. The van der Waals surface area contributed by atoms with Gasteiger partial charge in [0.25, 0.3) is 0 Å². The van der Waals surface area contributed by atoms with Crippen LogP contribution in [-0.2, 0) is 0 Å². The molecular formula is C16H13ClN6. The van der Waals surface area contributed by atoms with E-state index in [0.717, 1.165) is 11.1 Å². The monoisotopic (exact) mass is 324 g/mol. The Morgan fingerprint density at radius 1 is 1.13 bits per heavy atom. The van der Waals surface area contributed by atoms with Gasteiger partial charge in [-0.1, -0.05) is 35.9 Å². The van der Waals surface area contributed by atoms with Crippen LogP contribution in [0.3, 0.4) is 0 Å². The maximum atomic E-state index is 8.81. The maximum Gasteiger partial charge on any atom is 0.234 e. The highest BCUT2D eigenvalue weighted by atomic mass is 35.5. The molecule has 0 spiro atoms. The summed E-state index contributed by atoms with van der Waals surface area (Å²) < 4.78 is 0. The number of rotatable bonds is 4. The van der Waals surface area contributed by atoms with E-state index in [9.17, 15) is 0 Å². The van der Waals surface area contributed by atoms with Gasteiger partial charge in [-0.15, -0.1) is 5.10 Å². The number of hydrazone groups is 1. The van der Waals surface area contributed by atoms with Gasteiger partial charge in [0.05, 0.1) is 24.1 Å². The van der Waals surface area contributed by atoms with E-state index in [1.54, 1.807) is 36.5 Å². The number of benzene rings is 2. The smallest absolute Gasteiger partial charge is 0.234 e. The summed E-state index contributed by atoms with van der Waals surface area (Å²) in [6, 6.07) is 16.2. The van der Waals surface area contributed by atoms with Crippen LogP contribution in [-0.4, -0.2) is 18.4 Å². The average molecular weight is 325 g/mol. The Hall–Kier alpha value is -3.17. The number of nitriles is 1. The molecule has 0 aliphatic rings. The molecule has 0 saturated heterocycles. The topological polar surface area (TPSA) is 98.9 Å². The second kappa shape index (κ2) is 8.32. The first-order valence-electron chi connectivity index (χ1n) is 6.58. The molecule has 0 unspecified atom stereocenters. The molecule has 0 fully saturated rings. The maximum absolute atomic E-state index is 8.81. The Morgan fingerprint density at radius 2 is 1.91 bits per heavy atom. The van der Waals surface area contributed by atoms with Crippen LogP contribution in [0, 0.1) is 11.3 Å². The second-order valence-electron chi connectivity index (χ2n) is 4.39. The van der Waals surface area contributed by atoms with E-state index in [-0.39, 0.29) is 5.96 Å². The van der Waals surface area contributed by atoms with Gasteiger partial charge in [-0.3, -0.25) is 0 Å². The molecular weight excluding hydrogens is 312 g/mol. The first-order valence-corrected chi connectivity index (χ1v) is 6.96. The first-order chi connectivity index (χ1) is 11.2. The minimum absolute atomic E-state index is 0.0444. The summed E-state index contributed by atoms with van der Waals surface area (Å²) in [4.78, 5) is 0. The molecule has 23 heavy (non-hydrogen) atoms. The Kier molecular flexibility index (Phi) is 5.86. The number of nitrogens with zero attached hydrogens (tertiary/aromatic N) is 4. The normalized spacial score (nSPS) is 11.7. The van der Waals surface area contributed by atoms with Crippen LogP contribution in [0.4, 0.5) is 0 Å². The highest BCUT2D eigenvalue weighted by molar-refractivity contribution is 6.30. The van der Waals surface area contributed by atoms with Gasteiger partial charge in [0.15, 0.2) is 0 Å². The van der Waals surface area contributed by atoms with Crippen molar-refractivity contribution >= 4 is 30.0 Å². The van der Waals surface area contributed by atoms with E-state index < -0.39 is 0 Å². The van der Waals surface area contributed by atoms with Crippen molar-refractivity contribution in [2.75, 3.05) is 0 Å². The summed E-state index contributed by atoms with van der Waals surface area (Å²) in [5, 5.41) is 21.0. The second-order valence-corrected chi connectivity index (χ2v) is 4.83. The van der Waals surface area contributed by atoms with Crippen LogP contribution in [0.15, 0.2) is 63.8 Å². The minimum Gasteiger partial charge on any atom is -0.367 e. The lowest BCUT2D eigenvalue weighted by molar-refractivity contribution is 0.994. The molecule has 3 N–H and O–H groups in total. The van der Waals surface area contributed by atoms with Crippen molar-refractivity contribution in [3.05, 3.63) is 70.2 Å². The molecule has 0 amide bonds. The van der Waals surface area contributed by atoms with E-state index in [4.69, 9.17) is 22.6 Å². The van der Waals surface area contributed by atoms with Gasteiger partial charge in [0, 0.05) is 5.02 Å². The molecule has 2 rings (SSSR count). The van der Waals surface area contributed by atoms with Crippen molar-refractivity contribution in [3.8, 4) is 6.07 Å². The van der Waals surface area contributed by atoms with Gasteiger partial charge >= 0.3 is 0 Å². The summed E-state index contributed by atoms with van der Waals surface area (Å²) in [5.74, 6) is 0.0444. The predicted octanol–water partition coefficient (Wildman–Crippen LogP) is 2.48. The van der Waals surface area contributed by atoms with Crippen molar-refractivity contribution in [1.29, 1.82) is 5.26 Å². The quantitative estimate of drug-likeness (QED) is 0.513. The lowest BCUT2D eigenvalue weighted by Crippen LogP contribution is -2.26. The molecule has 0 saturated carbocycles. The Balaban J connectivity index is 1.90. The summed E-state index contributed by atoms with van der Waals surface area (Å²) in [6.07, 6.45) is 3.08. The van der Waals surface area contributed by atoms with Crippen molar-refractivity contribution in [3.63, 3.8) is 0 Å². The van der Waals surface area contributed by atoms with Gasteiger partial charge in [0.1, 0.15) is 0 Å². The van der Waals surface area contributed by atoms with Gasteiger partial charge in [-0.25, -0.2) is 5.43 Å². The van der Waals surface area contributed by atoms with Crippen LogP contribution in [0.25, 0.3) is 0 Å². The third kappa shape index (κ3) is 5.61. The van der Waals surface area contributed by atoms with Gasteiger partial charge in [-0.2, -0.15) is 15.5 Å². The fraction of sp³-hybridized carbons (Fsp3) is 0. The Morgan fingerprint density at radius 3 is 2.65 bits per heavy atom. The number of guanidine groups is 1. The zero-order valence-electron chi connectivity index (χ0n) is 12.0.